The minimum Gasteiger partial charge on any atom is -0.343 e. The average molecular weight is 443 g/mol. The minimum absolute atomic E-state index is 0.157. The molecule has 0 aliphatic heterocycles. The van der Waals surface area contributed by atoms with Crippen molar-refractivity contribution in [3.05, 3.63) is 80.9 Å². The van der Waals surface area contributed by atoms with Crippen LogP contribution in [0.1, 0.15) is 38.3 Å². The van der Waals surface area contributed by atoms with E-state index in [1.165, 1.54) is 16.8 Å². The Morgan fingerprint density at radius 1 is 1.06 bits per heavy atom. The van der Waals surface area contributed by atoms with Crippen molar-refractivity contribution in [2.24, 2.45) is 0 Å². The van der Waals surface area contributed by atoms with Gasteiger partial charge in [0.05, 0.1) is 24.3 Å². The van der Waals surface area contributed by atoms with E-state index in [9.17, 15) is 14.0 Å². The second-order valence-corrected chi connectivity index (χ2v) is 7.90. The summed E-state index contributed by atoms with van der Waals surface area (Å²) in [5.41, 5.74) is 5.21. The van der Waals surface area contributed by atoms with Gasteiger partial charge >= 0.3 is 0 Å². The molecule has 1 aromatic heterocycles. The summed E-state index contributed by atoms with van der Waals surface area (Å²) in [5, 5.41) is 9.91. The predicted molar refractivity (Wildman–Crippen MR) is 119 cm³/mol. The van der Waals surface area contributed by atoms with Crippen molar-refractivity contribution in [3.8, 4) is 0 Å². The molecule has 0 aliphatic carbocycles. The van der Waals surface area contributed by atoms with Crippen molar-refractivity contribution in [3.63, 3.8) is 0 Å². The fraction of sp³-hybridized carbons (Fsp3) is 0.261. The van der Waals surface area contributed by atoms with Gasteiger partial charge in [0, 0.05) is 5.69 Å². The molecule has 31 heavy (non-hydrogen) atoms. The first-order valence-corrected chi connectivity index (χ1v) is 10.2. The van der Waals surface area contributed by atoms with Gasteiger partial charge in [-0.3, -0.25) is 9.59 Å². The molecule has 6 nitrogen and oxygen atoms in total. The summed E-state index contributed by atoms with van der Waals surface area (Å²) in [4.78, 5) is 25.0. The van der Waals surface area contributed by atoms with E-state index >= 15 is 0 Å². The molecule has 8 heteroatoms. The zero-order valence-electron chi connectivity index (χ0n) is 17.8. The number of hydrogen-bond acceptors (Lipinski definition) is 3. The summed E-state index contributed by atoms with van der Waals surface area (Å²) in [6, 6.07) is 9.93. The molecule has 0 bridgehead atoms. The fourth-order valence-corrected chi connectivity index (χ4v) is 3.81. The van der Waals surface area contributed by atoms with Crippen LogP contribution in [0.15, 0.2) is 36.4 Å². The van der Waals surface area contributed by atoms with Crippen LogP contribution in [0.4, 0.5) is 10.1 Å². The molecule has 0 saturated carbocycles. The van der Waals surface area contributed by atoms with Gasteiger partial charge in [0.15, 0.2) is 0 Å². The third-order valence-electron chi connectivity index (χ3n) is 4.89. The van der Waals surface area contributed by atoms with E-state index in [1.54, 1.807) is 19.1 Å². The second-order valence-electron chi connectivity index (χ2n) is 7.54. The van der Waals surface area contributed by atoms with Gasteiger partial charge in [-0.1, -0.05) is 41.4 Å². The van der Waals surface area contributed by atoms with E-state index in [2.05, 4.69) is 15.7 Å². The molecule has 0 aliphatic rings. The van der Waals surface area contributed by atoms with E-state index in [4.69, 9.17) is 11.6 Å². The van der Waals surface area contributed by atoms with Crippen LogP contribution in [0.5, 0.6) is 0 Å². The molecule has 0 radical (unpaired) electrons. The SMILES string of the molecule is Cc1cc(C)c(NC(=O)CNC(=O)c2c(C)nn(Cc3ccc(F)cc3)c2Cl)c(C)c1. The molecular weight excluding hydrogens is 419 g/mol. The standard InChI is InChI=1S/C23H24ClFN4O2/c1-13-9-14(2)21(15(3)10-13)27-19(30)11-26-23(31)20-16(4)28-29(22(20)24)12-17-5-7-18(25)8-6-17/h5-10H,11-12H2,1-4H3,(H,26,31)(H,27,30). The largest absolute Gasteiger partial charge is 0.343 e. The lowest BCUT2D eigenvalue weighted by molar-refractivity contribution is -0.115. The molecule has 162 valence electrons. The summed E-state index contributed by atoms with van der Waals surface area (Å²) < 4.78 is 14.6. The van der Waals surface area contributed by atoms with E-state index in [1.807, 2.05) is 32.9 Å². The average Bonchev–Trinajstić information content (AvgIpc) is 2.97. The number of amides is 2. The van der Waals surface area contributed by atoms with Gasteiger partial charge in [-0.15, -0.1) is 0 Å². The number of rotatable bonds is 6. The van der Waals surface area contributed by atoms with Crippen LogP contribution in [-0.2, 0) is 11.3 Å². The van der Waals surface area contributed by atoms with E-state index in [0.29, 0.717) is 12.2 Å². The first-order chi connectivity index (χ1) is 14.7. The van der Waals surface area contributed by atoms with Crippen LogP contribution in [0.3, 0.4) is 0 Å². The molecule has 0 unspecified atom stereocenters. The Balaban J connectivity index is 1.66. The number of hydrogen-bond donors (Lipinski definition) is 2. The highest BCUT2D eigenvalue weighted by Gasteiger charge is 2.21. The van der Waals surface area contributed by atoms with E-state index < -0.39 is 5.91 Å². The van der Waals surface area contributed by atoms with Crippen molar-refractivity contribution in [2.45, 2.75) is 34.2 Å². The van der Waals surface area contributed by atoms with Crippen LogP contribution >= 0.6 is 11.6 Å². The molecule has 2 N–H and O–H groups in total. The second kappa shape index (κ2) is 9.31. The highest BCUT2D eigenvalue weighted by molar-refractivity contribution is 6.33. The number of halogens is 2. The lowest BCUT2D eigenvalue weighted by atomic mass is 10.1. The summed E-state index contributed by atoms with van der Waals surface area (Å²) in [7, 11) is 0. The molecule has 0 spiro atoms. The Kier molecular flexibility index (Phi) is 6.75. The topological polar surface area (TPSA) is 76.0 Å². The highest BCUT2D eigenvalue weighted by Crippen LogP contribution is 2.22. The van der Waals surface area contributed by atoms with Crippen LogP contribution in [-0.4, -0.2) is 28.1 Å². The lowest BCUT2D eigenvalue weighted by Gasteiger charge is -2.13. The number of aryl methyl sites for hydroxylation is 4. The number of nitrogens with zero attached hydrogens (tertiary/aromatic N) is 2. The van der Waals surface area contributed by atoms with Gasteiger partial charge in [0.25, 0.3) is 5.91 Å². The van der Waals surface area contributed by atoms with Gasteiger partial charge in [0.2, 0.25) is 5.91 Å². The van der Waals surface area contributed by atoms with Gasteiger partial charge in [-0.05, 0) is 56.5 Å². The third-order valence-corrected chi connectivity index (χ3v) is 5.27. The van der Waals surface area contributed by atoms with E-state index in [-0.39, 0.29) is 29.0 Å². The number of carbonyl (C=O) groups excluding carboxylic acids is 2. The summed E-state index contributed by atoms with van der Waals surface area (Å²) in [6.45, 7) is 7.60. The first kappa shape index (κ1) is 22.5. The van der Waals surface area contributed by atoms with E-state index in [0.717, 1.165) is 27.9 Å². The third kappa shape index (κ3) is 5.30. The predicted octanol–water partition coefficient (Wildman–Crippen LogP) is 4.33. The Bertz CT molecular complexity index is 1120. The van der Waals surface area contributed by atoms with Crippen molar-refractivity contribution >= 4 is 29.1 Å². The molecule has 0 saturated heterocycles. The zero-order valence-corrected chi connectivity index (χ0v) is 18.6. The minimum atomic E-state index is -0.486. The monoisotopic (exact) mass is 442 g/mol. The van der Waals surface area contributed by atoms with Crippen LogP contribution in [0, 0.1) is 33.5 Å². The smallest absolute Gasteiger partial charge is 0.256 e. The highest BCUT2D eigenvalue weighted by atomic mass is 35.5. The molecule has 3 rings (SSSR count). The molecule has 1 heterocycles. The Morgan fingerprint density at radius 2 is 1.68 bits per heavy atom. The van der Waals surface area contributed by atoms with Crippen LogP contribution < -0.4 is 10.6 Å². The summed E-state index contributed by atoms with van der Waals surface area (Å²) in [6.07, 6.45) is 0. The number of aromatic nitrogens is 2. The zero-order chi connectivity index (χ0) is 22.7. The molecule has 0 fully saturated rings. The van der Waals surface area contributed by atoms with Crippen molar-refractivity contribution in [2.75, 3.05) is 11.9 Å². The molecule has 2 amide bonds. The number of nitrogens with one attached hydrogen (secondary N) is 2. The van der Waals surface area contributed by atoms with Gasteiger partial charge in [-0.25, -0.2) is 9.07 Å². The normalized spacial score (nSPS) is 10.8. The molecule has 2 aromatic carbocycles. The molecular formula is C23H24ClFN4O2. The Hall–Kier alpha value is -3.19. The maximum absolute atomic E-state index is 13.1. The number of carbonyl (C=O) groups is 2. The summed E-state index contributed by atoms with van der Waals surface area (Å²) >= 11 is 6.37. The number of benzene rings is 2. The maximum Gasteiger partial charge on any atom is 0.256 e. The van der Waals surface area contributed by atoms with Gasteiger partial charge < -0.3 is 10.6 Å². The van der Waals surface area contributed by atoms with Crippen LogP contribution in [0.2, 0.25) is 5.15 Å². The van der Waals surface area contributed by atoms with Crippen molar-refractivity contribution < 1.29 is 14.0 Å². The fourth-order valence-electron chi connectivity index (χ4n) is 3.49. The van der Waals surface area contributed by atoms with Gasteiger partial charge in [0.1, 0.15) is 11.0 Å². The Labute approximate surface area is 185 Å². The van der Waals surface area contributed by atoms with Gasteiger partial charge in [-0.2, -0.15) is 5.10 Å². The Morgan fingerprint density at radius 3 is 2.29 bits per heavy atom. The lowest BCUT2D eigenvalue weighted by Crippen LogP contribution is -2.33. The number of anilines is 1. The summed E-state index contributed by atoms with van der Waals surface area (Å²) in [5.74, 6) is -1.16. The van der Waals surface area contributed by atoms with Crippen molar-refractivity contribution in [1.82, 2.24) is 15.1 Å². The quantitative estimate of drug-likeness (QED) is 0.596. The molecule has 3 aromatic rings. The van der Waals surface area contributed by atoms with Crippen LogP contribution in [0.25, 0.3) is 0 Å². The maximum atomic E-state index is 13.1. The van der Waals surface area contributed by atoms with Crippen molar-refractivity contribution in [1.29, 1.82) is 0 Å². The first-order valence-electron chi connectivity index (χ1n) is 9.79. The molecule has 0 atom stereocenters.